The molecule has 1 N–H and O–H groups in total. The summed E-state index contributed by atoms with van der Waals surface area (Å²) in [6.45, 7) is 3.88. The average Bonchev–Trinajstić information content (AvgIpc) is 2.55. The summed E-state index contributed by atoms with van der Waals surface area (Å²) in [7, 11) is 0. The van der Waals surface area contributed by atoms with Gasteiger partial charge in [0.15, 0.2) is 0 Å². The van der Waals surface area contributed by atoms with Crippen molar-refractivity contribution in [2.75, 3.05) is 0 Å². The molecule has 0 bridgehead atoms. The first kappa shape index (κ1) is 8.61. The summed E-state index contributed by atoms with van der Waals surface area (Å²) in [6.07, 6.45) is 2.93. The van der Waals surface area contributed by atoms with E-state index in [9.17, 15) is 5.11 Å². The van der Waals surface area contributed by atoms with Gasteiger partial charge in [-0.15, -0.1) is 0 Å². The van der Waals surface area contributed by atoms with Crippen LogP contribution >= 0.6 is 0 Å². The lowest BCUT2D eigenvalue weighted by atomic mass is 9.97. The molecule has 2 heterocycles. The molecule has 4 nitrogen and oxygen atoms in total. The number of aryl methyl sites for hydroxylation is 1. The molecule has 3 rings (SSSR count). The molecule has 0 aliphatic heterocycles. The first-order valence-corrected chi connectivity index (χ1v) is 4.88. The Hall–Kier alpha value is -1.68. The molecule has 1 aliphatic rings. The molecule has 1 atom stereocenters. The molecule has 1 aliphatic carbocycles. The van der Waals surface area contributed by atoms with Crippen LogP contribution in [0.25, 0.3) is 11.6 Å². The average molecular weight is 201 g/mol. The Balaban J connectivity index is 2.49. The maximum absolute atomic E-state index is 10.0. The molecule has 0 saturated heterocycles. The van der Waals surface area contributed by atoms with E-state index in [0.29, 0.717) is 0 Å². The van der Waals surface area contributed by atoms with E-state index in [-0.39, 0.29) is 0 Å². The molecule has 0 spiro atoms. The van der Waals surface area contributed by atoms with Crippen molar-refractivity contribution in [3.63, 3.8) is 0 Å². The second kappa shape index (κ2) is 2.67. The lowest BCUT2D eigenvalue weighted by Gasteiger charge is -2.16. The van der Waals surface area contributed by atoms with Gasteiger partial charge in [-0.05, 0) is 31.6 Å². The molecule has 2 aromatic heterocycles. The molecule has 1 unspecified atom stereocenters. The fourth-order valence-electron chi connectivity index (χ4n) is 2.11. The normalized spacial score (nSPS) is 19.4. The zero-order valence-electron chi connectivity index (χ0n) is 8.60. The predicted molar refractivity (Wildman–Crippen MR) is 56.3 cm³/mol. The van der Waals surface area contributed by atoms with Gasteiger partial charge in [-0.25, -0.2) is 9.50 Å². The maximum atomic E-state index is 10.0. The van der Waals surface area contributed by atoms with E-state index in [2.05, 4.69) is 10.1 Å². The van der Waals surface area contributed by atoms with Crippen LogP contribution in [0.2, 0.25) is 0 Å². The summed E-state index contributed by atoms with van der Waals surface area (Å²) < 4.78 is 1.82. The first-order valence-electron chi connectivity index (χ1n) is 4.88. The molecule has 15 heavy (non-hydrogen) atoms. The highest BCUT2D eigenvalue weighted by atomic mass is 16.3. The van der Waals surface area contributed by atoms with Gasteiger partial charge < -0.3 is 5.11 Å². The minimum Gasteiger partial charge on any atom is -0.384 e. The molecule has 0 aromatic carbocycles. The summed E-state index contributed by atoms with van der Waals surface area (Å²) in [6, 6.07) is 1.97. The van der Waals surface area contributed by atoms with Crippen molar-refractivity contribution in [3.05, 3.63) is 34.9 Å². The van der Waals surface area contributed by atoms with Gasteiger partial charge in [0.05, 0.1) is 11.2 Å². The van der Waals surface area contributed by atoms with Crippen molar-refractivity contribution >= 4 is 11.6 Å². The van der Waals surface area contributed by atoms with Crippen molar-refractivity contribution in [3.8, 4) is 0 Å². The number of aliphatic hydroxyl groups is 1. The van der Waals surface area contributed by atoms with Crippen LogP contribution in [0.4, 0.5) is 0 Å². The number of hydrogen-bond acceptors (Lipinski definition) is 3. The van der Waals surface area contributed by atoms with Crippen LogP contribution in [0.3, 0.4) is 0 Å². The molecule has 76 valence electrons. The zero-order valence-corrected chi connectivity index (χ0v) is 8.60. The topological polar surface area (TPSA) is 50.4 Å². The van der Waals surface area contributed by atoms with Crippen molar-refractivity contribution in [1.29, 1.82) is 0 Å². The Morgan fingerprint density at radius 1 is 1.40 bits per heavy atom. The molecule has 4 heteroatoms. The Morgan fingerprint density at radius 2 is 2.20 bits per heavy atom. The van der Waals surface area contributed by atoms with Crippen molar-refractivity contribution in [1.82, 2.24) is 14.6 Å². The number of nitrogens with zero attached hydrogens (tertiary/aromatic N) is 3. The van der Waals surface area contributed by atoms with E-state index in [1.165, 1.54) is 0 Å². The number of aromatic nitrogens is 3. The highest BCUT2D eigenvalue weighted by molar-refractivity contribution is 5.76. The lowest BCUT2D eigenvalue weighted by molar-refractivity contribution is 0.217. The van der Waals surface area contributed by atoms with E-state index in [0.717, 1.165) is 28.0 Å². The van der Waals surface area contributed by atoms with E-state index in [4.69, 9.17) is 0 Å². The Labute approximate surface area is 86.9 Å². The van der Waals surface area contributed by atoms with Gasteiger partial charge in [0.25, 0.3) is 0 Å². The summed E-state index contributed by atoms with van der Waals surface area (Å²) in [5.41, 5.74) is 4.66. The number of rotatable bonds is 0. The van der Waals surface area contributed by atoms with E-state index in [1.807, 2.05) is 30.5 Å². The first-order chi connectivity index (χ1) is 7.18. The summed E-state index contributed by atoms with van der Waals surface area (Å²) in [5.74, 6) is 0. The number of aliphatic hydroxyl groups excluding tert-OH is 1. The van der Waals surface area contributed by atoms with Crippen LogP contribution in [-0.2, 0) is 0 Å². The van der Waals surface area contributed by atoms with Gasteiger partial charge in [0, 0.05) is 11.3 Å². The van der Waals surface area contributed by atoms with Crippen molar-refractivity contribution in [2.45, 2.75) is 20.0 Å². The Bertz CT molecular complexity index is 583. The minimum absolute atomic E-state index is 0.521. The third-order valence-corrected chi connectivity index (χ3v) is 2.88. The SMILES string of the molecule is CC1=Cc2ncnn3c(C)cc(c23)C1O. The summed E-state index contributed by atoms with van der Waals surface area (Å²) >= 11 is 0. The Kier molecular flexibility index (Phi) is 1.53. The smallest absolute Gasteiger partial charge is 0.137 e. The third kappa shape index (κ3) is 0.995. The quantitative estimate of drug-likeness (QED) is 0.702. The van der Waals surface area contributed by atoms with Crippen molar-refractivity contribution < 1.29 is 5.11 Å². The van der Waals surface area contributed by atoms with Crippen LogP contribution in [-0.4, -0.2) is 19.7 Å². The fourth-order valence-corrected chi connectivity index (χ4v) is 2.11. The van der Waals surface area contributed by atoms with E-state index >= 15 is 0 Å². The van der Waals surface area contributed by atoms with Crippen LogP contribution < -0.4 is 0 Å². The maximum Gasteiger partial charge on any atom is 0.137 e. The monoisotopic (exact) mass is 201 g/mol. The third-order valence-electron chi connectivity index (χ3n) is 2.88. The largest absolute Gasteiger partial charge is 0.384 e. The predicted octanol–water partition coefficient (Wildman–Crippen LogP) is 1.49. The van der Waals surface area contributed by atoms with Crippen LogP contribution in [0.5, 0.6) is 0 Å². The van der Waals surface area contributed by atoms with Crippen LogP contribution in [0, 0.1) is 6.92 Å². The van der Waals surface area contributed by atoms with Gasteiger partial charge in [0.1, 0.15) is 12.4 Å². The Morgan fingerprint density at radius 3 is 3.00 bits per heavy atom. The van der Waals surface area contributed by atoms with E-state index < -0.39 is 6.10 Å². The zero-order chi connectivity index (χ0) is 10.6. The number of hydrogen-bond donors (Lipinski definition) is 1. The highest BCUT2D eigenvalue weighted by Gasteiger charge is 2.23. The van der Waals surface area contributed by atoms with Crippen molar-refractivity contribution in [2.24, 2.45) is 0 Å². The second-order valence-corrected chi connectivity index (χ2v) is 3.94. The second-order valence-electron chi connectivity index (χ2n) is 3.94. The highest BCUT2D eigenvalue weighted by Crippen LogP contribution is 2.34. The van der Waals surface area contributed by atoms with Gasteiger partial charge >= 0.3 is 0 Å². The van der Waals surface area contributed by atoms with Crippen LogP contribution in [0.1, 0.15) is 30.0 Å². The summed E-state index contributed by atoms with van der Waals surface area (Å²) in [4.78, 5) is 4.22. The van der Waals surface area contributed by atoms with Crippen LogP contribution in [0.15, 0.2) is 18.0 Å². The summed E-state index contributed by atoms with van der Waals surface area (Å²) in [5, 5.41) is 14.2. The molecular formula is C11H11N3O. The van der Waals surface area contributed by atoms with Gasteiger partial charge in [-0.3, -0.25) is 0 Å². The van der Waals surface area contributed by atoms with Gasteiger partial charge in [0.2, 0.25) is 0 Å². The molecular weight excluding hydrogens is 190 g/mol. The minimum atomic E-state index is -0.521. The lowest BCUT2D eigenvalue weighted by Crippen LogP contribution is -2.06. The van der Waals surface area contributed by atoms with Gasteiger partial charge in [-0.1, -0.05) is 0 Å². The fraction of sp³-hybridized carbons (Fsp3) is 0.273. The molecule has 0 fully saturated rings. The standard InChI is InChI=1S/C11H11N3O/c1-6-3-9-10-8(11(6)15)4-7(2)14(10)13-5-12-9/h3-5,11,15H,1-2H3. The molecule has 0 saturated carbocycles. The molecule has 0 amide bonds. The molecule has 2 aromatic rings. The van der Waals surface area contributed by atoms with Gasteiger partial charge in [-0.2, -0.15) is 5.10 Å². The molecule has 0 radical (unpaired) electrons. The van der Waals surface area contributed by atoms with E-state index in [1.54, 1.807) is 6.33 Å².